The maximum Gasteiger partial charge on any atom is 0.127 e. The van der Waals surface area contributed by atoms with E-state index in [4.69, 9.17) is 0 Å². The van der Waals surface area contributed by atoms with Gasteiger partial charge >= 0.3 is 0 Å². The normalized spacial score (nSPS) is 20.6. The first kappa shape index (κ1) is 9.13. The zero-order valence-electron chi connectivity index (χ0n) is 8.72. The molecule has 1 atom stereocenters. The molecular formula is C12H16N2. The lowest BCUT2D eigenvalue weighted by atomic mass is 10.1. The minimum absolute atomic E-state index is 0.376. The van der Waals surface area contributed by atoms with Gasteiger partial charge in [-0.2, -0.15) is 0 Å². The lowest BCUT2D eigenvalue weighted by Crippen LogP contribution is -2.28. The Labute approximate surface area is 85.4 Å². The molecule has 2 nitrogen and oxygen atoms in total. The summed E-state index contributed by atoms with van der Waals surface area (Å²) in [5.74, 6) is 0. The lowest BCUT2D eigenvalue weighted by Gasteiger charge is -2.29. The summed E-state index contributed by atoms with van der Waals surface area (Å²) in [5, 5.41) is 0. The van der Waals surface area contributed by atoms with Crippen molar-refractivity contribution in [1.82, 2.24) is 9.80 Å². The summed E-state index contributed by atoms with van der Waals surface area (Å²) >= 11 is 0. The number of benzene rings is 1. The van der Waals surface area contributed by atoms with Crippen molar-refractivity contribution in [3.8, 4) is 0 Å². The predicted molar refractivity (Wildman–Crippen MR) is 58.5 cm³/mol. The maximum absolute atomic E-state index is 2.33. The molecule has 0 aromatic heterocycles. The van der Waals surface area contributed by atoms with Crippen molar-refractivity contribution < 1.29 is 0 Å². The number of nitrogens with zero attached hydrogens (tertiary/aromatic N) is 2. The monoisotopic (exact) mass is 188 g/mol. The third kappa shape index (κ3) is 1.48. The van der Waals surface area contributed by atoms with Gasteiger partial charge in [0.2, 0.25) is 0 Å². The van der Waals surface area contributed by atoms with Crippen LogP contribution in [0.5, 0.6) is 0 Å². The number of hydrogen-bond acceptors (Lipinski definition) is 2. The summed E-state index contributed by atoms with van der Waals surface area (Å²) in [4.78, 5) is 4.56. The summed E-state index contributed by atoms with van der Waals surface area (Å²) in [6, 6.07) is 10.6. The van der Waals surface area contributed by atoms with Crippen LogP contribution in [-0.4, -0.2) is 23.4 Å². The first-order valence-corrected chi connectivity index (χ1v) is 5.04. The second-order valence-electron chi connectivity index (χ2n) is 3.58. The molecule has 0 spiro atoms. The van der Waals surface area contributed by atoms with Crippen LogP contribution in [0.2, 0.25) is 0 Å². The van der Waals surface area contributed by atoms with Gasteiger partial charge in [-0.15, -0.1) is 0 Å². The predicted octanol–water partition coefficient (Wildman–Crippen LogP) is 2.42. The topological polar surface area (TPSA) is 6.48 Å². The van der Waals surface area contributed by atoms with Gasteiger partial charge in [-0.3, -0.25) is 0 Å². The van der Waals surface area contributed by atoms with Gasteiger partial charge in [-0.25, -0.2) is 0 Å². The van der Waals surface area contributed by atoms with E-state index in [9.17, 15) is 0 Å². The second-order valence-corrected chi connectivity index (χ2v) is 3.58. The van der Waals surface area contributed by atoms with E-state index < -0.39 is 0 Å². The quantitative estimate of drug-likeness (QED) is 0.703. The molecular weight excluding hydrogens is 172 g/mol. The van der Waals surface area contributed by atoms with E-state index in [1.807, 2.05) is 0 Å². The summed E-state index contributed by atoms with van der Waals surface area (Å²) < 4.78 is 0. The Morgan fingerprint density at radius 2 is 1.86 bits per heavy atom. The standard InChI is InChI=1S/C12H16N2/c1-3-14-10-9-13(2)12(14)11-7-5-4-6-8-11/h4-10,12H,3H2,1-2H3. The van der Waals surface area contributed by atoms with Crippen molar-refractivity contribution >= 4 is 0 Å². The fourth-order valence-corrected chi connectivity index (χ4v) is 1.92. The van der Waals surface area contributed by atoms with Crippen LogP contribution in [0.15, 0.2) is 42.7 Å². The van der Waals surface area contributed by atoms with E-state index in [0.717, 1.165) is 6.54 Å². The highest BCUT2D eigenvalue weighted by atomic mass is 15.4. The summed E-state index contributed by atoms with van der Waals surface area (Å²) in [5.41, 5.74) is 1.35. The zero-order chi connectivity index (χ0) is 9.97. The Morgan fingerprint density at radius 1 is 1.14 bits per heavy atom. The Kier molecular flexibility index (Phi) is 2.44. The summed E-state index contributed by atoms with van der Waals surface area (Å²) in [6.07, 6.45) is 4.65. The molecule has 0 saturated heterocycles. The van der Waals surface area contributed by atoms with E-state index >= 15 is 0 Å². The lowest BCUT2D eigenvalue weighted by molar-refractivity contribution is 0.186. The first-order chi connectivity index (χ1) is 6.83. The van der Waals surface area contributed by atoms with Crippen molar-refractivity contribution in [2.45, 2.75) is 13.1 Å². The van der Waals surface area contributed by atoms with Crippen LogP contribution >= 0.6 is 0 Å². The molecule has 1 aromatic carbocycles. The van der Waals surface area contributed by atoms with Crippen LogP contribution in [0, 0.1) is 0 Å². The molecule has 0 bridgehead atoms. The molecule has 1 aromatic rings. The first-order valence-electron chi connectivity index (χ1n) is 5.04. The van der Waals surface area contributed by atoms with Crippen molar-refractivity contribution in [2.24, 2.45) is 0 Å². The largest absolute Gasteiger partial charge is 0.355 e. The van der Waals surface area contributed by atoms with Crippen LogP contribution in [0.1, 0.15) is 18.7 Å². The highest BCUT2D eigenvalue weighted by Gasteiger charge is 2.23. The van der Waals surface area contributed by atoms with Gasteiger partial charge in [-0.05, 0) is 12.5 Å². The SMILES string of the molecule is CCN1C=CN(C)C1c1ccccc1. The van der Waals surface area contributed by atoms with Crippen LogP contribution in [0.3, 0.4) is 0 Å². The molecule has 1 unspecified atom stereocenters. The van der Waals surface area contributed by atoms with Gasteiger partial charge < -0.3 is 9.80 Å². The van der Waals surface area contributed by atoms with Gasteiger partial charge in [0.15, 0.2) is 0 Å². The molecule has 1 aliphatic heterocycles. The molecule has 0 N–H and O–H groups in total. The van der Waals surface area contributed by atoms with Gasteiger partial charge in [0.05, 0.1) is 0 Å². The molecule has 1 aliphatic rings. The molecule has 74 valence electrons. The van der Waals surface area contributed by atoms with E-state index in [2.05, 4.69) is 66.5 Å². The molecule has 2 rings (SSSR count). The second kappa shape index (κ2) is 3.74. The highest BCUT2D eigenvalue weighted by molar-refractivity contribution is 5.21. The molecule has 14 heavy (non-hydrogen) atoms. The Morgan fingerprint density at radius 3 is 2.50 bits per heavy atom. The smallest absolute Gasteiger partial charge is 0.127 e. The molecule has 1 heterocycles. The average Bonchev–Trinajstić information content (AvgIpc) is 2.61. The van der Waals surface area contributed by atoms with Crippen molar-refractivity contribution in [3.05, 3.63) is 48.3 Å². The third-order valence-electron chi connectivity index (χ3n) is 2.66. The molecule has 2 heteroatoms. The average molecular weight is 188 g/mol. The van der Waals surface area contributed by atoms with E-state index in [-0.39, 0.29) is 0 Å². The van der Waals surface area contributed by atoms with E-state index in [0.29, 0.717) is 6.17 Å². The minimum Gasteiger partial charge on any atom is -0.355 e. The number of hydrogen-bond donors (Lipinski definition) is 0. The number of rotatable bonds is 2. The Hall–Kier alpha value is -1.44. The van der Waals surface area contributed by atoms with Crippen LogP contribution in [0.25, 0.3) is 0 Å². The minimum atomic E-state index is 0.376. The van der Waals surface area contributed by atoms with E-state index in [1.165, 1.54) is 5.56 Å². The van der Waals surface area contributed by atoms with Crippen molar-refractivity contribution in [1.29, 1.82) is 0 Å². The van der Waals surface area contributed by atoms with Gasteiger partial charge in [0.25, 0.3) is 0 Å². The fourth-order valence-electron chi connectivity index (χ4n) is 1.92. The summed E-state index contributed by atoms with van der Waals surface area (Å²) in [6.45, 7) is 3.22. The van der Waals surface area contributed by atoms with Gasteiger partial charge in [-0.1, -0.05) is 30.3 Å². The zero-order valence-corrected chi connectivity index (χ0v) is 8.72. The molecule has 0 amide bonds. The van der Waals surface area contributed by atoms with Crippen LogP contribution in [-0.2, 0) is 0 Å². The van der Waals surface area contributed by atoms with E-state index in [1.54, 1.807) is 0 Å². The van der Waals surface area contributed by atoms with Crippen LogP contribution < -0.4 is 0 Å². The highest BCUT2D eigenvalue weighted by Crippen LogP contribution is 2.28. The third-order valence-corrected chi connectivity index (χ3v) is 2.66. The van der Waals surface area contributed by atoms with Gasteiger partial charge in [0.1, 0.15) is 6.17 Å². The summed E-state index contributed by atoms with van der Waals surface area (Å²) in [7, 11) is 2.11. The molecule has 0 fully saturated rings. The fraction of sp³-hybridized carbons (Fsp3) is 0.333. The molecule has 0 aliphatic carbocycles. The Balaban J connectivity index is 2.26. The van der Waals surface area contributed by atoms with Gasteiger partial charge in [0, 0.05) is 26.0 Å². The van der Waals surface area contributed by atoms with Crippen molar-refractivity contribution in [3.63, 3.8) is 0 Å². The van der Waals surface area contributed by atoms with Crippen LogP contribution in [0.4, 0.5) is 0 Å². The molecule has 0 saturated carbocycles. The Bertz CT molecular complexity index is 318. The molecule has 0 radical (unpaired) electrons. The van der Waals surface area contributed by atoms with Crippen molar-refractivity contribution in [2.75, 3.05) is 13.6 Å². The maximum atomic E-state index is 2.33.